The van der Waals surface area contributed by atoms with Crippen molar-refractivity contribution in [3.05, 3.63) is 12.2 Å². The molecule has 31 heavy (non-hydrogen) atoms. The number of rotatable bonds is 17. The van der Waals surface area contributed by atoms with Crippen LogP contribution < -0.4 is 10.6 Å². The summed E-state index contributed by atoms with van der Waals surface area (Å²) in [5, 5.41) is 5.01. The third kappa shape index (κ3) is 14.5. The highest BCUT2D eigenvalue weighted by atomic mass is 28.4. The summed E-state index contributed by atoms with van der Waals surface area (Å²) in [5.41, 5.74) is 0.275. The molecule has 0 aliphatic carbocycles. The van der Waals surface area contributed by atoms with E-state index in [1.165, 1.54) is 6.92 Å². The Bertz CT molecular complexity index is 543. The average Bonchev–Trinajstić information content (AvgIpc) is 2.72. The predicted octanol–water partition coefficient (Wildman–Crippen LogP) is 2.00. The minimum atomic E-state index is -2.73. The van der Waals surface area contributed by atoms with Gasteiger partial charge in [0, 0.05) is 38.0 Å². The molecule has 11 nitrogen and oxygen atoms in total. The maximum absolute atomic E-state index is 11.7. The summed E-state index contributed by atoms with van der Waals surface area (Å²) in [7, 11) is -2.73. The molecule has 0 bridgehead atoms. The van der Waals surface area contributed by atoms with Crippen LogP contribution in [-0.2, 0) is 32.3 Å². The van der Waals surface area contributed by atoms with Crippen molar-refractivity contribution in [3.63, 3.8) is 0 Å². The molecule has 0 fully saturated rings. The van der Waals surface area contributed by atoms with Gasteiger partial charge < -0.3 is 38.1 Å². The summed E-state index contributed by atoms with van der Waals surface area (Å²) in [6.45, 7) is 12.4. The van der Waals surface area contributed by atoms with Crippen LogP contribution in [0.1, 0.15) is 34.1 Å². The molecule has 0 rings (SSSR count). The molecule has 0 aliphatic heterocycles. The predicted molar refractivity (Wildman–Crippen MR) is 115 cm³/mol. The molecule has 0 aromatic rings. The molecule has 0 aromatic heterocycles. The maximum atomic E-state index is 11.7. The zero-order chi connectivity index (χ0) is 23.5. The molecule has 0 saturated carbocycles. The third-order valence-electron chi connectivity index (χ3n) is 3.52. The molecular weight excluding hydrogens is 428 g/mol. The van der Waals surface area contributed by atoms with Crippen LogP contribution in [-0.4, -0.2) is 79.7 Å². The Labute approximate surface area is 185 Å². The number of ether oxygens (including phenoxy) is 3. The quantitative estimate of drug-likeness (QED) is 0.109. The van der Waals surface area contributed by atoms with Crippen LogP contribution in [0.15, 0.2) is 12.2 Å². The lowest BCUT2D eigenvalue weighted by molar-refractivity contribution is -0.138. The molecule has 0 aromatic carbocycles. The molecule has 0 unspecified atom stereocenters. The van der Waals surface area contributed by atoms with Gasteiger partial charge in [0.1, 0.15) is 19.8 Å². The molecule has 0 spiro atoms. The van der Waals surface area contributed by atoms with Gasteiger partial charge in [0.25, 0.3) is 0 Å². The molecule has 0 aliphatic rings. The number of alkyl carbamates (subject to hydrolysis) is 2. The first-order chi connectivity index (χ1) is 14.8. The van der Waals surface area contributed by atoms with Crippen LogP contribution in [0.5, 0.6) is 0 Å². The van der Waals surface area contributed by atoms with Crippen LogP contribution in [0.4, 0.5) is 9.59 Å². The third-order valence-corrected chi connectivity index (χ3v) is 6.68. The highest BCUT2D eigenvalue weighted by molar-refractivity contribution is 6.60. The number of esters is 1. The lowest BCUT2D eigenvalue weighted by Gasteiger charge is -2.28. The van der Waals surface area contributed by atoms with Gasteiger partial charge in [-0.25, -0.2) is 14.4 Å². The highest BCUT2D eigenvalue weighted by Crippen LogP contribution is 2.17. The zero-order valence-electron chi connectivity index (χ0n) is 19.0. The van der Waals surface area contributed by atoms with Crippen molar-refractivity contribution in [1.29, 1.82) is 0 Å². The van der Waals surface area contributed by atoms with E-state index in [2.05, 4.69) is 17.2 Å². The van der Waals surface area contributed by atoms with Crippen LogP contribution in [0, 0.1) is 0 Å². The van der Waals surface area contributed by atoms with E-state index in [-0.39, 0.29) is 31.9 Å². The average molecular weight is 465 g/mol. The maximum Gasteiger partial charge on any atom is 0.500 e. The zero-order valence-corrected chi connectivity index (χ0v) is 20.0. The van der Waals surface area contributed by atoms with Crippen molar-refractivity contribution in [2.45, 2.75) is 40.2 Å². The van der Waals surface area contributed by atoms with Gasteiger partial charge in [-0.1, -0.05) is 6.58 Å². The van der Waals surface area contributed by atoms with E-state index in [1.807, 2.05) is 20.8 Å². The van der Waals surface area contributed by atoms with Gasteiger partial charge in [-0.05, 0) is 34.1 Å². The second-order valence-corrected chi connectivity index (χ2v) is 8.86. The Balaban J connectivity index is 3.88. The highest BCUT2D eigenvalue weighted by Gasteiger charge is 2.39. The first kappa shape index (κ1) is 28.8. The Morgan fingerprint density at radius 2 is 1.26 bits per heavy atom. The van der Waals surface area contributed by atoms with Crippen molar-refractivity contribution in [2.24, 2.45) is 0 Å². The Kier molecular flexibility index (Phi) is 16.3. The second-order valence-electron chi connectivity index (χ2n) is 6.13. The number of amides is 2. The minimum absolute atomic E-state index is 0.000268. The number of hydrogen-bond donors (Lipinski definition) is 2. The van der Waals surface area contributed by atoms with E-state index in [1.54, 1.807) is 0 Å². The number of nitrogens with one attached hydrogen (secondary N) is 2. The standard InChI is InChI=1S/C19H36N2O9Si/c1-6-28-31(29-7-2,30-8-3)15-9-10-20-18(23)26-13-14-27-19(24)21-11-12-25-17(22)16(4)5/h4,6-15H2,1-3,5H3,(H,20,23)(H,21,24). The van der Waals surface area contributed by atoms with Crippen LogP contribution in [0.25, 0.3) is 0 Å². The molecule has 0 atom stereocenters. The normalized spacial score (nSPS) is 10.8. The fraction of sp³-hybridized carbons (Fsp3) is 0.737. The second kappa shape index (κ2) is 17.5. The van der Waals surface area contributed by atoms with Crippen molar-refractivity contribution in [2.75, 3.05) is 52.7 Å². The smallest absolute Gasteiger partial charge is 0.460 e. The number of hydrogen-bond acceptors (Lipinski definition) is 9. The molecule has 180 valence electrons. The summed E-state index contributed by atoms with van der Waals surface area (Å²) in [4.78, 5) is 34.3. The largest absolute Gasteiger partial charge is 0.500 e. The lowest BCUT2D eigenvalue weighted by atomic mass is 10.4. The van der Waals surface area contributed by atoms with E-state index < -0.39 is 27.0 Å². The van der Waals surface area contributed by atoms with Gasteiger partial charge >= 0.3 is 27.0 Å². The van der Waals surface area contributed by atoms with E-state index in [0.717, 1.165) is 0 Å². The Morgan fingerprint density at radius 3 is 1.71 bits per heavy atom. The van der Waals surface area contributed by atoms with Crippen molar-refractivity contribution in [3.8, 4) is 0 Å². The molecule has 12 heteroatoms. The fourth-order valence-corrected chi connectivity index (χ4v) is 4.90. The van der Waals surface area contributed by atoms with Gasteiger partial charge in [0.2, 0.25) is 0 Å². The summed E-state index contributed by atoms with van der Waals surface area (Å²) < 4.78 is 31.8. The summed E-state index contributed by atoms with van der Waals surface area (Å²) in [6.07, 6.45) is -0.720. The van der Waals surface area contributed by atoms with Gasteiger partial charge in [0.05, 0.1) is 6.54 Å². The van der Waals surface area contributed by atoms with E-state index >= 15 is 0 Å². The molecule has 0 saturated heterocycles. The van der Waals surface area contributed by atoms with E-state index in [0.29, 0.717) is 38.8 Å². The summed E-state index contributed by atoms with van der Waals surface area (Å²) in [6, 6.07) is 0.577. The lowest BCUT2D eigenvalue weighted by Crippen LogP contribution is -2.46. The Hall–Kier alpha value is -2.15. The van der Waals surface area contributed by atoms with Crippen molar-refractivity contribution >= 4 is 27.0 Å². The molecule has 0 heterocycles. The van der Waals surface area contributed by atoms with Crippen LogP contribution >= 0.6 is 0 Å². The van der Waals surface area contributed by atoms with Gasteiger partial charge in [-0.2, -0.15) is 0 Å². The molecular formula is C19H36N2O9Si. The molecule has 2 amide bonds. The van der Waals surface area contributed by atoms with Gasteiger partial charge in [0.15, 0.2) is 0 Å². The van der Waals surface area contributed by atoms with Crippen molar-refractivity contribution < 1.29 is 41.9 Å². The minimum Gasteiger partial charge on any atom is -0.460 e. The van der Waals surface area contributed by atoms with E-state index in [4.69, 9.17) is 27.5 Å². The van der Waals surface area contributed by atoms with Crippen molar-refractivity contribution in [1.82, 2.24) is 10.6 Å². The topological polar surface area (TPSA) is 131 Å². The summed E-state index contributed by atoms with van der Waals surface area (Å²) >= 11 is 0. The molecule has 0 radical (unpaired) electrons. The number of carbonyl (C=O) groups is 3. The number of carbonyl (C=O) groups excluding carboxylic acids is 3. The summed E-state index contributed by atoms with van der Waals surface area (Å²) in [5.74, 6) is -0.531. The first-order valence-electron chi connectivity index (χ1n) is 10.4. The first-order valence-corrected chi connectivity index (χ1v) is 12.3. The fourth-order valence-electron chi connectivity index (χ4n) is 2.29. The molecule has 2 N–H and O–H groups in total. The van der Waals surface area contributed by atoms with E-state index in [9.17, 15) is 14.4 Å². The van der Waals surface area contributed by atoms with Crippen LogP contribution in [0.2, 0.25) is 6.04 Å². The van der Waals surface area contributed by atoms with Gasteiger partial charge in [-0.3, -0.25) is 0 Å². The SMILES string of the molecule is C=C(C)C(=O)OCCNC(=O)OCCOC(=O)NCCC[Si](OCC)(OCC)OCC. The van der Waals surface area contributed by atoms with Gasteiger partial charge in [-0.15, -0.1) is 0 Å². The monoisotopic (exact) mass is 464 g/mol. The van der Waals surface area contributed by atoms with Crippen LogP contribution in [0.3, 0.4) is 0 Å². The Morgan fingerprint density at radius 1 is 0.774 bits per heavy atom.